The number of urea groups is 1. The van der Waals surface area contributed by atoms with Gasteiger partial charge in [0, 0.05) is 32.5 Å². The maximum atomic E-state index is 12.7. The van der Waals surface area contributed by atoms with E-state index in [2.05, 4.69) is 5.32 Å². The van der Waals surface area contributed by atoms with Gasteiger partial charge in [0.15, 0.2) is 0 Å². The fourth-order valence-corrected chi connectivity index (χ4v) is 4.49. The van der Waals surface area contributed by atoms with Gasteiger partial charge in [0.25, 0.3) is 15.7 Å². The molecule has 0 aromatic heterocycles. The van der Waals surface area contributed by atoms with Crippen LogP contribution in [0.2, 0.25) is 5.02 Å². The number of nitrogens with zero attached hydrogens (tertiary/aromatic N) is 1. The van der Waals surface area contributed by atoms with Crippen molar-refractivity contribution in [2.24, 2.45) is 0 Å². The van der Waals surface area contributed by atoms with Crippen LogP contribution in [0.5, 0.6) is 0 Å². The smallest absolute Gasteiger partial charge is 0.329 e. The lowest BCUT2D eigenvalue weighted by atomic mass is 10.1. The quantitative estimate of drug-likeness (QED) is 0.528. The van der Waals surface area contributed by atoms with Gasteiger partial charge >= 0.3 is 6.03 Å². The van der Waals surface area contributed by atoms with Gasteiger partial charge in [-0.15, -0.1) is 0 Å². The van der Waals surface area contributed by atoms with Crippen molar-refractivity contribution in [2.45, 2.75) is 41.0 Å². The van der Waals surface area contributed by atoms with E-state index in [0.29, 0.717) is 9.92 Å². The summed E-state index contributed by atoms with van der Waals surface area (Å²) in [5.41, 5.74) is -1.07. The Morgan fingerprint density at radius 3 is 2.29 bits per heavy atom. The molecule has 8 nitrogen and oxygen atoms in total. The first-order chi connectivity index (χ1) is 12.9. The maximum absolute atomic E-state index is 12.7. The molecule has 0 aliphatic rings. The molecular weight excluding hydrogens is 426 g/mol. The van der Waals surface area contributed by atoms with Crippen LogP contribution in [0.15, 0.2) is 57.2 Å². The van der Waals surface area contributed by atoms with Gasteiger partial charge < -0.3 is 5.32 Å². The molecule has 0 aliphatic heterocycles. The molecule has 2 aromatic carbocycles. The largest absolute Gasteiger partial charge is 0.333 e. The number of hydrogen-bond donors (Lipinski definition) is 2. The summed E-state index contributed by atoms with van der Waals surface area (Å²) in [4.78, 5) is 22.9. The number of sulfonamides is 1. The number of benzene rings is 2. The van der Waals surface area contributed by atoms with Gasteiger partial charge in [-0.3, -0.25) is 10.1 Å². The highest BCUT2D eigenvalue weighted by atomic mass is 35.5. The van der Waals surface area contributed by atoms with Gasteiger partial charge in [-0.05, 0) is 51.1 Å². The highest BCUT2D eigenvalue weighted by molar-refractivity contribution is 8.00. The molecule has 0 bridgehead atoms. The third-order valence-corrected chi connectivity index (χ3v) is 6.02. The molecule has 0 radical (unpaired) electrons. The second kappa shape index (κ2) is 8.38. The third kappa shape index (κ3) is 6.11. The van der Waals surface area contributed by atoms with Crippen LogP contribution in [0.1, 0.15) is 20.8 Å². The summed E-state index contributed by atoms with van der Waals surface area (Å²) in [6.07, 6.45) is 0. The molecule has 0 fully saturated rings. The Kier molecular flexibility index (Phi) is 6.58. The average molecular weight is 444 g/mol. The fraction of sp³-hybridized carbons (Fsp3) is 0.235. The molecule has 2 rings (SSSR count). The molecule has 28 heavy (non-hydrogen) atoms. The summed E-state index contributed by atoms with van der Waals surface area (Å²) in [6.45, 7) is 5.07. The highest BCUT2D eigenvalue weighted by Crippen LogP contribution is 2.35. The molecule has 2 aromatic rings. The number of halogens is 1. The Bertz CT molecular complexity index is 1000. The number of carbonyl (C=O) groups excluding carboxylic acids is 1. The van der Waals surface area contributed by atoms with Crippen molar-refractivity contribution >= 4 is 45.1 Å². The first-order valence-corrected chi connectivity index (χ1v) is 10.6. The number of rotatable bonds is 5. The van der Waals surface area contributed by atoms with Crippen LogP contribution in [-0.2, 0) is 10.0 Å². The van der Waals surface area contributed by atoms with Gasteiger partial charge in [0.05, 0.1) is 4.92 Å². The van der Waals surface area contributed by atoms with E-state index in [1.807, 2.05) is 4.72 Å². The van der Waals surface area contributed by atoms with Gasteiger partial charge in [-0.25, -0.2) is 17.9 Å². The van der Waals surface area contributed by atoms with E-state index in [1.165, 1.54) is 12.1 Å². The predicted octanol–water partition coefficient (Wildman–Crippen LogP) is 4.19. The van der Waals surface area contributed by atoms with Crippen LogP contribution in [-0.4, -0.2) is 24.9 Å². The second-order valence-corrected chi connectivity index (χ2v) is 9.96. The molecule has 0 atom stereocenters. The summed E-state index contributed by atoms with van der Waals surface area (Å²) in [5.74, 6) is 0. The van der Waals surface area contributed by atoms with Crippen molar-refractivity contribution in [3.05, 3.63) is 57.6 Å². The Balaban J connectivity index is 2.43. The summed E-state index contributed by atoms with van der Waals surface area (Å²) in [6, 6.07) is 9.17. The molecule has 2 amide bonds. The zero-order valence-electron chi connectivity index (χ0n) is 15.2. The van der Waals surface area contributed by atoms with E-state index in [4.69, 9.17) is 11.6 Å². The topological polar surface area (TPSA) is 118 Å². The van der Waals surface area contributed by atoms with Gasteiger partial charge in [-0.2, -0.15) is 0 Å². The molecular formula is C17H18ClN3O5S2. The monoisotopic (exact) mass is 443 g/mol. The molecule has 0 heterocycles. The number of nitro benzene ring substituents is 1. The molecule has 0 unspecified atom stereocenters. The Hall–Kier alpha value is -2.30. The predicted molar refractivity (Wildman–Crippen MR) is 107 cm³/mol. The van der Waals surface area contributed by atoms with Crippen LogP contribution in [0.25, 0.3) is 0 Å². The molecule has 2 N–H and O–H groups in total. The standard InChI is InChI=1S/C17H18ClN3O5S2/c1-17(2,3)19-16(22)20-28(25,26)15-10-12(21(23)24)6-9-14(15)27-13-7-4-11(18)5-8-13/h4-10H,1-3H3,(H2,19,20,22). The van der Waals surface area contributed by atoms with E-state index in [9.17, 15) is 23.3 Å². The highest BCUT2D eigenvalue weighted by Gasteiger charge is 2.26. The second-order valence-electron chi connectivity index (χ2n) is 6.75. The minimum absolute atomic E-state index is 0.226. The number of amides is 2. The molecule has 0 spiro atoms. The third-order valence-electron chi connectivity index (χ3n) is 3.18. The van der Waals surface area contributed by atoms with Gasteiger partial charge in [-0.1, -0.05) is 23.4 Å². The Morgan fingerprint density at radius 2 is 1.75 bits per heavy atom. The maximum Gasteiger partial charge on any atom is 0.329 e. The van der Waals surface area contributed by atoms with Crippen LogP contribution >= 0.6 is 23.4 Å². The van der Waals surface area contributed by atoms with Crippen molar-refractivity contribution < 1.29 is 18.1 Å². The fourth-order valence-electron chi connectivity index (χ4n) is 2.08. The Labute approximate surface area is 171 Å². The van der Waals surface area contributed by atoms with Gasteiger partial charge in [0.1, 0.15) is 4.90 Å². The van der Waals surface area contributed by atoms with Crippen LogP contribution < -0.4 is 10.0 Å². The van der Waals surface area contributed by atoms with Crippen molar-refractivity contribution in [3.63, 3.8) is 0 Å². The summed E-state index contributed by atoms with van der Waals surface area (Å²) in [7, 11) is -4.36. The number of carbonyl (C=O) groups is 1. The SMILES string of the molecule is CC(C)(C)NC(=O)NS(=O)(=O)c1cc([N+](=O)[O-])ccc1Sc1ccc(Cl)cc1. The zero-order chi connectivity index (χ0) is 21.1. The van der Waals surface area contributed by atoms with E-state index in [1.54, 1.807) is 45.0 Å². The van der Waals surface area contributed by atoms with E-state index >= 15 is 0 Å². The minimum atomic E-state index is -4.36. The lowest BCUT2D eigenvalue weighted by molar-refractivity contribution is -0.385. The lowest BCUT2D eigenvalue weighted by Crippen LogP contribution is -2.48. The van der Waals surface area contributed by atoms with E-state index in [-0.39, 0.29) is 9.79 Å². The van der Waals surface area contributed by atoms with E-state index in [0.717, 1.165) is 17.8 Å². The van der Waals surface area contributed by atoms with E-state index < -0.39 is 32.2 Å². The van der Waals surface area contributed by atoms with Gasteiger partial charge in [0.2, 0.25) is 0 Å². The first kappa shape index (κ1) is 22.0. The lowest BCUT2D eigenvalue weighted by Gasteiger charge is -2.21. The number of nitrogens with one attached hydrogen (secondary N) is 2. The molecule has 11 heteroatoms. The number of hydrogen-bond acceptors (Lipinski definition) is 6. The van der Waals surface area contributed by atoms with Crippen molar-refractivity contribution in [1.82, 2.24) is 10.0 Å². The summed E-state index contributed by atoms with van der Waals surface area (Å²) in [5, 5.41) is 14.1. The summed E-state index contributed by atoms with van der Waals surface area (Å²) >= 11 is 6.93. The van der Waals surface area contributed by atoms with Crippen LogP contribution in [0.3, 0.4) is 0 Å². The van der Waals surface area contributed by atoms with Crippen molar-refractivity contribution in [2.75, 3.05) is 0 Å². The minimum Gasteiger partial charge on any atom is -0.333 e. The van der Waals surface area contributed by atoms with Crippen LogP contribution in [0.4, 0.5) is 10.5 Å². The first-order valence-electron chi connectivity index (χ1n) is 7.94. The molecule has 0 aliphatic carbocycles. The molecule has 150 valence electrons. The average Bonchev–Trinajstić information content (AvgIpc) is 2.54. The van der Waals surface area contributed by atoms with Crippen molar-refractivity contribution in [1.29, 1.82) is 0 Å². The molecule has 0 saturated carbocycles. The zero-order valence-corrected chi connectivity index (χ0v) is 17.6. The number of non-ortho nitro benzene ring substituents is 1. The summed E-state index contributed by atoms with van der Waals surface area (Å²) < 4.78 is 27.4. The normalized spacial score (nSPS) is 11.7. The van der Waals surface area contributed by atoms with Crippen molar-refractivity contribution in [3.8, 4) is 0 Å². The Morgan fingerprint density at radius 1 is 1.14 bits per heavy atom. The number of nitro groups is 1. The molecule has 0 saturated heterocycles. The van der Waals surface area contributed by atoms with Crippen LogP contribution in [0, 0.1) is 10.1 Å².